The summed E-state index contributed by atoms with van der Waals surface area (Å²) in [6.45, 7) is 3.48. The molecule has 2 fully saturated rings. The van der Waals surface area contributed by atoms with Crippen molar-refractivity contribution in [1.29, 1.82) is 0 Å². The van der Waals surface area contributed by atoms with Crippen molar-refractivity contribution in [3.05, 3.63) is 30.1 Å². The molecule has 2 amide bonds. The standard InChI is InChI=1S/C19H27N3O2/c23-18(21-11-3-4-12-21)9-8-16-6-5-13-22(15-16)19(24)14-17-7-1-2-10-20-17/h1-2,7,10,16H,3-6,8-9,11-15H2. The Balaban J connectivity index is 1.45. The molecule has 2 saturated heterocycles. The Morgan fingerprint density at radius 3 is 2.58 bits per heavy atom. The monoisotopic (exact) mass is 329 g/mol. The summed E-state index contributed by atoms with van der Waals surface area (Å²) in [7, 11) is 0. The summed E-state index contributed by atoms with van der Waals surface area (Å²) in [4.78, 5) is 32.8. The highest BCUT2D eigenvalue weighted by Gasteiger charge is 2.25. The predicted molar refractivity (Wildman–Crippen MR) is 92.3 cm³/mol. The second kappa shape index (κ2) is 8.27. The Kier molecular flexibility index (Phi) is 5.83. The molecule has 0 N–H and O–H groups in total. The van der Waals surface area contributed by atoms with Crippen molar-refractivity contribution in [2.45, 2.75) is 44.9 Å². The third-order valence-electron chi connectivity index (χ3n) is 5.16. The second-order valence-electron chi connectivity index (χ2n) is 6.97. The number of pyridine rings is 1. The average Bonchev–Trinajstić information content (AvgIpc) is 3.15. The molecule has 0 aromatic carbocycles. The van der Waals surface area contributed by atoms with E-state index in [1.165, 1.54) is 0 Å². The molecule has 1 aromatic heterocycles. The lowest BCUT2D eigenvalue weighted by molar-refractivity contribution is -0.132. The molecule has 0 aliphatic carbocycles. The number of aromatic nitrogens is 1. The first-order valence-corrected chi connectivity index (χ1v) is 9.18. The van der Waals surface area contributed by atoms with Crippen molar-refractivity contribution in [1.82, 2.24) is 14.8 Å². The van der Waals surface area contributed by atoms with Crippen LogP contribution in [0.15, 0.2) is 24.4 Å². The van der Waals surface area contributed by atoms with E-state index in [1.54, 1.807) is 6.20 Å². The van der Waals surface area contributed by atoms with Gasteiger partial charge in [-0.3, -0.25) is 14.6 Å². The normalized spacial score (nSPS) is 21.1. The Morgan fingerprint density at radius 2 is 1.83 bits per heavy atom. The maximum absolute atomic E-state index is 12.5. The van der Waals surface area contributed by atoms with Gasteiger partial charge in [0, 0.05) is 44.5 Å². The largest absolute Gasteiger partial charge is 0.343 e. The summed E-state index contributed by atoms with van der Waals surface area (Å²) in [6, 6.07) is 5.68. The number of carbonyl (C=O) groups excluding carboxylic acids is 2. The highest BCUT2D eigenvalue weighted by molar-refractivity contribution is 5.78. The highest BCUT2D eigenvalue weighted by Crippen LogP contribution is 2.22. The molecule has 1 aromatic rings. The molecule has 130 valence electrons. The number of likely N-dealkylation sites (tertiary alicyclic amines) is 2. The van der Waals surface area contributed by atoms with E-state index < -0.39 is 0 Å². The zero-order valence-corrected chi connectivity index (χ0v) is 14.3. The van der Waals surface area contributed by atoms with Gasteiger partial charge in [-0.1, -0.05) is 6.07 Å². The summed E-state index contributed by atoms with van der Waals surface area (Å²) in [5.41, 5.74) is 0.828. The van der Waals surface area contributed by atoms with Gasteiger partial charge in [0.15, 0.2) is 0 Å². The summed E-state index contributed by atoms with van der Waals surface area (Å²) < 4.78 is 0. The van der Waals surface area contributed by atoms with E-state index in [-0.39, 0.29) is 5.91 Å². The number of nitrogens with zero attached hydrogens (tertiary/aromatic N) is 3. The number of hydrogen-bond donors (Lipinski definition) is 0. The van der Waals surface area contributed by atoms with Gasteiger partial charge in [0.1, 0.15) is 0 Å². The van der Waals surface area contributed by atoms with Gasteiger partial charge in [0.25, 0.3) is 0 Å². The van der Waals surface area contributed by atoms with Gasteiger partial charge < -0.3 is 9.80 Å². The zero-order chi connectivity index (χ0) is 16.8. The first-order valence-electron chi connectivity index (χ1n) is 9.18. The molecule has 0 spiro atoms. The van der Waals surface area contributed by atoms with Crippen LogP contribution in [0, 0.1) is 5.92 Å². The van der Waals surface area contributed by atoms with Gasteiger partial charge in [0.2, 0.25) is 11.8 Å². The minimum absolute atomic E-state index is 0.157. The minimum atomic E-state index is 0.157. The van der Waals surface area contributed by atoms with E-state index >= 15 is 0 Å². The molecule has 1 unspecified atom stereocenters. The molecule has 2 aliphatic heterocycles. The van der Waals surface area contributed by atoms with Crippen LogP contribution in [0.4, 0.5) is 0 Å². The van der Waals surface area contributed by atoms with E-state index in [2.05, 4.69) is 4.98 Å². The lowest BCUT2D eigenvalue weighted by Gasteiger charge is -2.33. The maximum Gasteiger partial charge on any atom is 0.228 e. The molecule has 3 heterocycles. The molecule has 0 saturated carbocycles. The quantitative estimate of drug-likeness (QED) is 0.833. The third-order valence-corrected chi connectivity index (χ3v) is 5.16. The molecule has 24 heavy (non-hydrogen) atoms. The van der Waals surface area contributed by atoms with Crippen LogP contribution >= 0.6 is 0 Å². The molecule has 5 nitrogen and oxygen atoms in total. The molecule has 1 atom stereocenters. The molecular formula is C19H27N3O2. The Labute approximate surface area is 144 Å². The Morgan fingerprint density at radius 1 is 1.04 bits per heavy atom. The van der Waals surface area contributed by atoms with Crippen LogP contribution in [0.1, 0.15) is 44.2 Å². The van der Waals surface area contributed by atoms with Gasteiger partial charge in [-0.2, -0.15) is 0 Å². The third kappa shape index (κ3) is 4.56. The van der Waals surface area contributed by atoms with Crippen LogP contribution < -0.4 is 0 Å². The summed E-state index contributed by atoms with van der Waals surface area (Å²) in [5.74, 6) is 0.909. The first kappa shape index (κ1) is 16.9. The van der Waals surface area contributed by atoms with E-state index in [4.69, 9.17) is 0 Å². The number of rotatable bonds is 5. The summed E-state index contributed by atoms with van der Waals surface area (Å²) in [6.07, 6.45) is 8.09. The lowest BCUT2D eigenvalue weighted by Crippen LogP contribution is -2.41. The fourth-order valence-electron chi connectivity index (χ4n) is 3.75. The van der Waals surface area contributed by atoms with Gasteiger partial charge in [0.05, 0.1) is 6.42 Å². The second-order valence-corrected chi connectivity index (χ2v) is 6.97. The minimum Gasteiger partial charge on any atom is -0.343 e. The van der Waals surface area contributed by atoms with Crippen LogP contribution in [0.3, 0.4) is 0 Å². The van der Waals surface area contributed by atoms with Gasteiger partial charge in [-0.05, 0) is 50.2 Å². The molecule has 0 bridgehead atoms. The van der Waals surface area contributed by atoms with Crippen molar-refractivity contribution < 1.29 is 9.59 Å². The molecule has 5 heteroatoms. The van der Waals surface area contributed by atoms with Crippen molar-refractivity contribution in [3.8, 4) is 0 Å². The van der Waals surface area contributed by atoms with Crippen LogP contribution in [0.5, 0.6) is 0 Å². The number of piperidine rings is 1. The SMILES string of the molecule is O=C(CCC1CCCN(C(=O)Cc2ccccn2)C1)N1CCCC1. The van der Waals surface area contributed by atoms with Crippen molar-refractivity contribution >= 4 is 11.8 Å². The van der Waals surface area contributed by atoms with E-state index in [9.17, 15) is 9.59 Å². The van der Waals surface area contributed by atoms with Crippen LogP contribution in [0.2, 0.25) is 0 Å². The summed E-state index contributed by atoms with van der Waals surface area (Å²) >= 11 is 0. The van der Waals surface area contributed by atoms with Crippen molar-refractivity contribution in [2.24, 2.45) is 5.92 Å². The lowest BCUT2D eigenvalue weighted by atomic mass is 9.93. The highest BCUT2D eigenvalue weighted by atomic mass is 16.2. The van der Waals surface area contributed by atoms with E-state index in [0.717, 1.165) is 64.0 Å². The fourth-order valence-corrected chi connectivity index (χ4v) is 3.75. The summed E-state index contributed by atoms with van der Waals surface area (Å²) in [5, 5.41) is 0. The van der Waals surface area contributed by atoms with E-state index in [1.807, 2.05) is 28.0 Å². The number of carbonyl (C=O) groups is 2. The maximum atomic E-state index is 12.5. The molecule has 0 radical (unpaired) electrons. The fraction of sp³-hybridized carbons (Fsp3) is 0.632. The Hall–Kier alpha value is -1.91. The smallest absolute Gasteiger partial charge is 0.228 e. The predicted octanol–water partition coefficient (Wildman–Crippen LogP) is 2.27. The Bertz CT molecular complexity index is 555. The average molecular weight is 329 g/mol. The zero-order valence-electron chi connectivity index (χ0n) is 14.3. The van der Waals surface area contributed by atoms with Gasteiger partial charge in [-0.15, -0.1) is 0 Å². The molecular weight excluding hydrogens is 302 g/mol. The van der Waals surface area contributed by atoms with Crippen LogP contribution in [-0.2, 0) is 16.0 Å². The van der Waals surface area contributed by atoms with Crippen LogP contribution in [0.25, 0.3) is 0 Å². The van der Waals surface area contributed by atoms with Crippen molar-refractivity contribution in [2.75, 3.05) is 26.2 Å². The van der Waals surface area contributed by atoms with Gasteiger partial charge in [-0.25, -0.2) is 0 Å². The van der Waals surface area contributed by atoms with Crippen molar-refractivity contribution in [3.63, 3.8) is 0 Å². The van der Waals surface area contributed by atoms with Gasteiger partial charge >= 0.3 is 0 Å². The number of amides is 2. The topological polar surface area (TPSA) is 53.5 Å². The molecule has 2 aliphatic rings. The van der Waals surface area contributed by atoms with Crippen LogP contribution in [-0.4, -0.2) is 52.8 Å². The number of hydrogen-bond acceptors (Lipinski definition) is 3. The first-order chi connectivity index (χ1) is 11.7. The van der Waals surface area contributed by atoms with E-state index in [0.29, 0.717) is 24.7 Å². The molecule has 3 rings (SSSR count).